The Labute approximate surface area is 105 Å². The molecule has 0 amide bonds. The summed E-state index contributed by atoms with van der Waals surface area (Å²) in [5, 5.41) is 5.13. The van der Waals surface area contributed by atoms with Crippen molar-refractivity contribution >= 4 is 11.3 Å². The lowest BCUT2D eigenvalue weighted by molar-refractivity contribution is 0.629. The smallest absolute Gasteiger partial charge is 0.131 e. The zero-order valence-corrected chi connectivity index (χ0v) is 11.1. The largest absolute Gasteiger partial charge is 0.315 e. The molecule has 0 fully saturated rings. The van der Waals surface area contributed by atoms with Crippen LogP contribution in [0.3, 0.4) is 0 Å². The lowest BCUT2D eigenvalue weighted by Gasteiger charge is -2.06. The predicted octanol–water partition coefficient (Wildman–Crippen LogP) is 3.89. The van der Waals surface area contributed by atoms with Crippen LogP contribution in [0.5, 0.6) is 0 Å². The van der Waals surface area contributed by atoms with Gasteiger partial charge in [0.1, 0.15) is 5.82 Å². The van der Waals surface area contributed by atoms with Crippen molar-refractivity contribution in [3.05, 3.63) is 45.4 Å². The molecular weight excluding hydrogens is 233 g/mol. The van der Waals surface area contributed by atoms with Gasteiger partial charge < -0.3 is 5.32 Å². The van der Waals surface area contributed by atoms with Gasteiger partial charge in [-0.1, -0.05) is 6.07 Å². The normalized spacial score (nSPS) is 10.8. The molecule has 1 aromatic carbocycles. The fraction of sp³-hybridized carbons (Fsp3) is 0.286. The molecule has 17 heavy (non-hydrogen) atoms. The van der Waals surface area contributed by atoms with E-state index in [0.29, 0.717) is 0 Å². The third kappa shape index (κ3) is 2.56. The van der Waals surface area contributed by atoms with Crippen LogP contribution in [0.4, 0.5) is 4.39 Å². The molecule has 0 aliphatic carbocycles. The molecule has 1 N–H and O–H groups in total. The first-order valence-electron chi connectivity index (χ1n) is 5.61. The number of thiophene rings is 1. The highest BCUT2D eigenvalue weighted by Gasteiger charge is 2.11. The van der Waals surface area contributed by atoms with E-state index < -0.39 is 0 Å². The van der Waals surface area contributed by atoms with Gasteiger partial charge in [-0.2, -0.15) is 0 Å². The first kappa shape index (κ1) is 12.3. The predicted molar refractivity (Wildman–Crippen MR) is 72.0 cm³/mol. The van der Waals surface area contributed by atoms with Crippen LogP contribution in [-0.4, -0.2) is 7.05 Å². The second-order valence-corrected chi connectivity index (χ2v) is 5.27. The monoisotopic (exact) mass is 249 g/mol. The topological polar surface area (TPSA) is 12.0 Å². The third-order valence-corrected chi connectivity index (χ3v) is 3.66. The van der Waals surface area contributed by atoms with Crippen LogP contribution in [-0.2, 0) is 6.54 Å². The van der Waals surface area contributed by atoms with E-state index in [1.807, 2.05) is 32.3 Å². The molecule has 1 heterocycles. The Morgan fingerprint density at radius 3 is 2.65 bits per heavy atom. The van der Waals surface area contributed by atoms with Crippen LogP contribution in [0, 0.1) is 19.7 Å². The summed E-state index contributed by atoms with van der Waals surface area (Å²) in [5.74, 6) is -0.128. The Kier molecular flexibility index (Phi) is 3.60. The molecule has 1 nitrogen and oxygen atoms in total. The Balaban J connectivity index is 2.45. The molecule has 3 heteroatoms. The average Bonchev–Trinajstić information content (AvgIpc) is 2.65. The second-order valence-electron chi connectivity index (χ2n) is 4.27. The van der Waals surface area contributed by atoms with Crippen LogP contribution in [0.1, 0.15) is 16.0 Å². The number of aryl methyl sites for hydroxylation is 2. The number of nitrogens with one attached hydrogen (secondary N) is 1. The van der Waals surface area contributed by atoms with E-state index in [9.17, 15) is 4.39 Å². The maximum atomic E-state index is 14.0. The van der Waals surface area contributed by atoms with Gasteiger partial charge in [0.25, 0.3) is 0 Å². The summed E-state index contributed by atoms with van der Waals surface area (Å²) in [4.78, 5) is 1.22. The molecule has 2 aromatic rings. The van der Waals surface area contributed by atoms with Crippen molar-refractivity contribution in [1.29, 1.82) is 0 Å². The molecule has 0 aliphatic rings. The van der Waals surface area contributed by atoms with Gasteiger partial charge in [-0.05, 0) is 55.1 Å². The summed E-state index contributed by atoms with van der Waals surface area (Å²) < 4.78 is 14.0. The number of benzene rings is 1. The molecule has 0 bridgehead atoms. The van der Waals surface area contributed by atoms with Crippen molar-refractivity contribution in [3.8, 4) is 11.1 Å². The van der Waals surface area contributed by atoms with Crippen LogP contribution < -0.4 is 5.32 Å². The van der Waals surface area contributed by atoms with Crippen molar-refractivity contribution in [2.45, 2.75) is 20.4 Å². The molecule has 0 saturated carbocycles. The van der Waals surface area contributed by atoms with Gasteiger partial charge in [-0.3, -0.25) is 0 Å². The quantitative estimate of drug-likeness (QED) is 0.870. The maximum Gasteiger partial charge on any atom is 0.131 e. The zero-order chi connectivity index (χ0) is 12.4. The molecule has 0 atom stereocenters. The van der Waals surface area contributed by atoms with Crippen molar-refractivity contribution in [3.63, 3.8) is 0 Å². The van der Waals surface area contributed by atoms with Gasteiger partial charge in [0.05, 0.1) is 0 Å². The van der Waals surface area contributed by atoms with Gasteiger partial charge >= 0.3 is 0 Å². The van der Waals surface area contributed by atoms with Gasteiger partial charge in [0, 0.05) is 17.0 Å². The number of hydrogen-bond acceptors (Lipinski definition) is 2. The Bertz CT molecular complexity index is 508. The van der Waals surface area contributed by atoms with Crippen molar-refractivity contribution in [2.24, 2.45) is 0 Å². The fourth-order valence-corrected chi connectivity index (χ4v) is 2.95. The summed E-state index contributed by atoms with van der Waals surface area (Å²) >= 11 is 1.66. The maximum absolute atomic E-state index is 14.0. The highest BCUT2D eigenvalue weighted by Crippen LogP contribution is 2.31. The van der Waals surface area contributed by atoms with E-state index in [1.54, 1.807) is 17.4 Å². The minimum atomic E-state index is -0.128. The van der Waals surface area contributed by atoms with Gasteiger partial charge in [-0.25, -0.2) is 4.39 Å². The van der Waals surface area contributed by atoms with Crippen LogP contribution in [0.2, 0.25) is 0 Å². The lowest BCUT2D eigenvalue weighted by atomic mass is 10.00. The van der Waals surface area contributed by atoms with E-state index in [1.165, 1.54) is 4.88 Å². The summed E-state index contributed by atoms with van der Waals surface area (Å²) in [6.45, 7) is 4.71. The van der Waals surface area contributed by atoms with Crippen LogP contribution in [0.25, 0.3) is 11.1 Å². The van der Waals surface area contributed by atoms with E-state index in [2.05, 4.69) is 11.4 Å². The summed E-state index contributed by atoms with van der Waals surface area (Å²) in [5.41, 5.74) is 3.68. The van der Waals surface area contributed by atoms with Crippen molar-refractivity contribution in [2.75, 3.05) is 7.05 Å². The molecule has 0 aliphatic heterocycles. The van der Waals surface area contributed by atoms with E-state index >= 15 is 0 Å². The SMILES string of the molecule is CNCc1cc(-c2c(C)cc(C)cc2F)cs1. The third-order valence-electron chi connectivity index (χ3n) is 2.73. The molecular formula is C14H16FNS. The summed E-state index contributed by atoms with van der Waals surface area (Å²) in [6, 6.07) is 5.67. The Morgan fingerprint density at radius 1 is 1.24 bits per heavy atom. The summed E-state index contributed by atoms with van der Waals surface area (Å²) in [7, 11) is 1.91. The minimum Gasteiger partial charge on any atom is -0.315 e. The van der Waals surface area contributed by atoms with E-state index in [4.69, 9.17) is 0 Å². The molecule has 0 radical (unpaired) electrons. The number of halogens is 1. The standard InChI is InChI=1S/C14H16FNS/c1-9-4-10(2)14(13(15)5-9)11-6-12(7-16-3)17-8-11/h4-6,8,16H,7H2,1-3H3. The van der Waals surface area contributed by atoms with Crippen molar-refractivity contribution in [1.82, 2.24) is 5.32 Å². The van der Waals surface area contributed by atoms with Gasteiger partial charge in [-0.15, -0.1) is 11.3 Å². The van der Waals surface area contributed by atoms with Crippen molar-refractivity contribution < 1.29 is 4.39 Å². The van der Waals surface area contributed by atoms with Gasteiger partial charge in [0.2, 0.25) is 0 Å². The van der Waals surface area contributed by atoms with Gasteiger partial charge in [0.15, 0.2) is 0 Å². The van der Waals surface area contributed by atoms with E-state index in [-0.39, 0.29) is 5.82 Å². The van der Waals surface area contributed by atoms with Crippen LogP contribution in [0.15, 0.2) is 23.6 Å². The highest BCUT2D eigenvalue weighted by molar-refractivity contribution is 7.10. The minimum absolute atomic E-state index is 0.128. The summed E-state index contributed by atoms with van der Waals surface area (Å²) in [6.07, 6.45) is 0. The molecule has 2 rings (SSSR count). The zero-order valence-electron chi connectivity index (χ0n) is 10.3. The number of rotatable bonds is 3. The molecule has 90 valence electrons. The molecule has 0 unspecified atom stereocenters. The fourth-order valence-electron chi connectivity index (χ4n) is 2.06. The molecule has 0 spiro atoms. The highest BCUT2D eigenvalue weighted by atomic mass is 32.1. The first-order chi connectivity index (χ1) is 8.11. The second kappa shape index (κ2) is 4.98. The first-order valence-corrected chi connectivity index (χ1v) is 6.49. The lowest BCUT2D eigenvalue weighted by Crippen LogP contribution is -2.02. The average molecular weight is 249 g/mol. The van der Waals surface area contributed by atoms with E-state index in [0.717, 1.165) is 28.8 Å². The van der Waals surface area contributed by atoms with Crippen LogP contribution >= 0.6 is 11.3 Å². The molecule has 1 aromatic heterocycles. The Hall–Kier alpha value is -1.19. The number of hydrogen-bond donors (Lipinski definition) is 1. The Morgan fingerprint density at radius 2 is 2.00 bits per heavy atom. The molecule has 0 saturated heterocycles.